The lowest BCUT2D eigenvalue weighted by Crippen LogP contribution is -2.49. The molecule has 2 aromatic rings. The van der Waals surface area contributed by atoms with Crippen molar-refractivity contribution in [1.29, 1.82) is 0 Å². The van der Waals surface area contributed by atoms with Crippen LogP contribution in [0.5, 0.6) is 5.75 Å². The van der Waals surface area contributed by atoms with Gasteiger partial charge >= 0.3 is 6.09 Å². The molecule has 0 spiro atoms. The van der Waals surface area contributed by atoms with E-state index in [1.54, 1.807) is 18.2 Å². The molecule has 0 fully saturated rings. The van der Waals surface area contributed by atoms with Gasteiger partial charge in [-0.2, -0.15) is 0 Å². The van der Waals surface area contributed by atoms with E-state index < -0.39 is 26.1 Å². The maximum atomic E-state index is 13.4. The number of amides is 1. The number of ketones is 1. The first-order chi connectivity index (χ1) is 16.1. The lowest BCUT2D eigenvalue weighted by molar-refractivity contribution is 0.0868. The third kappa shape index (κ3) is 8.98. The number of benzene rings is 2. The summed E-state index contributed by atoms with van der Waals surface area (Å²) < 4.78 is 17.5. The first-order valence-corrected chi connectivity index (χ1v) is 15.0. The second kappa shape index (κ2) is 11.6. The fraction of sp³-hybridized carbons (Fsp3) is 0.481. The highest BCUT2D eigenvalue weighted by molar-refractivity contribution is 6.74. The minimum Gasteiger partial charge on any atom is -0.487 e. The molecule has 0 aromatic heterocycles. The van der Waals surface area contributed by atoms with Gasteiger partial charge in [-0.15, -0.1) is 0 Å². The number of carbonyl (C=O) groups is 2. The van der Waals surface area contributed by atoms with Gasteiger partial charge in [0.05, 0.1) is 11.6 Å². The summed E-state index contributed by atoms with van der Waals surface area (Å²) >= 11 is 6.40. The lowest BCUT2D eigenvalue weighted by atomic mass is 10.0. The van der Waals surface area contributed by atoms with Crippen molar-refractivity contribution < 1.29 is 23.5 Å². The van der Waals surface area contributed by atoms with Crippen LogP contribution in [0.3, 0.4) is 0 Å². The summed E-state index contributed by atoms with van der Waals surface area (Å²) in [4.78, 5) is 26.0. The maximum Gasteiger partial charge on any atom is 0.408 e. The number of ether oxygens (including phenoxy) is 2. The van der Waals surface area contributed by atoms with Crippen molar-refractivity contribution in [2.24, 2.45) is 0 Å². The van der Waals surface area contributed by atoms with Gasteiger partial charge in [0.15, 0.2) is 14.1 Å². The Hall–Kier alpha value is -2.35. The number of hydrogen-bond acceptors (Lipinski definition) is 5. The molecule has 8 heteroatoms. The summed E-state index contributed by atoms with van der Waals surface area (Å²) in [6, 6.07) is 13.3. The van der Waals surface area contributed by atoms with Crippen molar-refractivity contribution in [2.75, 3.05) is 6.61 Å². The molecule has 192 valence electrons. The zero-order valence-corrected chi connectivity index (χ0v) is 23.8. The summed E-state index contributed by atoms with van der Waals surface area (Å²) in [7, 11) is -2.17. The van der Waals surface area contributed by atoms with Gasteiger partial charge in [0.25, 0.3) is 0 Å². The lowest BCUT2D eigenvalue weighted by Gasteiger charge is -2.37. The fourth-order valence-corrected chi connectivity index (χ4v) is 4.10. The van der Waals surface area contributed by atoms with Crippen LogP contribution in [0, 0.1) is 0 Å². The van der Waals surface area contributed by atoms with E-state index in [9.17, 15) is 9.59 Å². The normalized spacial score (nSPS) is 13.2. The number of alkyl carbamates (subject to hydrolysis) is 1. The topological polar surface area (TPSA) is 73.9 Å². The molecule has 6 nitrogen and oxygen atoms in total. The zero-order chi connectivity index (χ0) is 26.4. The predicted molar refractivity (Wildman–Crippen MR) is 143 cm³/mol. The highest BCUT2D eigenvalue weighted by Gasteiger charge is 2.38. The first kappa shape index (κ1) is 28.9. The Morgan fingerprint density at radius 3 is 2.17 bits per heavy atom. The van der Waals surface area contributed by atoms with E-state index in [1.807, 2.05) is 51.1 Å². The Morgan fingerprint density at radius 1 is 1.00 bits per heavy atom. The van der Waals surface area contributed by atoms with E-state index in [4.69, 9.17) is 25.5 Å². The summed E-state index contributed by atoms with van der Waals surface area (Å²) in [5.41, 5.74) is 0.770. The highest BCUT2D eigenvalue weighted by atomic mass is 35.5. The van der Waals surface area contributed by atoms with Gasteiger partial charge in [-0.1, -0.05) is 62.7 Å². The smallest absolute Gasteiger partial charge is 0.408 e. The van der Waals surface area contributed by atoms with Gasteiger partial charge < -0.3 is 19.2 Å². The minimum absolute atomic E-state index is 0.0353. The van der Waals surface area contributed by atoms with Gasteiger partial charge in [-0.05, 0) is 62.7 Å². The van der Waals surface area contributed by atoms with Crippen LogP contribution < -0.4 is 10.1 Å². The minimum atomic E-state index is -2.17. The van der Waals surface area contributed by atoms with Gasteiger partial charge in [0.2, 0.25) is 0 Å². The molecule has 0 aliphatic heterocycles. The molecule has 1 amide bonds. The largest absolute Gasteiger partial charge is 0.487 e. The average molecular weight is 520 g/mol. The predicted octanol–water partition coefficient (Wildman–Crippen LogP) is 7.02. The molecule has 0 saturated heterocycles. The number of nitrogens with one attached hydrogen (secondary N) is 1. The molecule has 0 saturated carbocycles. The Labute approximate surface area is 215 Å². The third-order valence-electron chi connectivity index (χ3n) is 5.87. The van der Waals surface area contributed by atoms with E-state index in [1.165, 1.54) is 0 Å². The highest BCUT2D eigenvalue weighted by Crippen LogP contribution is 2.36. The standard InChI is InChI=1S/C27H38ClNO5Si/c1-26(2,3)34-23-15-14-20(16-21(23)28)24(30)22(18-33-35(7,8)27(4,5)6)29-25(31)32-17-19-12-10-9-11-13-19/h9-16,22H,17-18H2,1-8H3,(H,29,31)/t22-/m1/s1. The van der Waals surface area contributed by atoms with Crippen molar-refractivity contribution in [3.05, 3.63) is 64.7 Å². The quantitative estimate of drug-likeness (QED) is 0.284. The molecule has 0 bridgehead atoms. The van der Waals surface area contributed by atoms with Gasteiger partial charge in [0, 0.05) is 5.56 Å². The molecule has 0 aliphatic carbocycles. The second-order valence-electron chi connectivity index (χ2n) is 11.1. The number of hydrogen-bond donors (Lipinski definition) is 1. The van der Waals surface area contributed by atoms with E-state index >= 15 is 0 Å². The van der Waals surface area contributed by atoms with Crippen molar-refractivity contribution in [1.82, 2.24) is 5.32 Å². The number of carbonyl (C=O) groups excluding carboxylic acids is 2. The van der Waals surface area contributed by atoms with Gasteiger partial charge in [0.1, 0.15) is 24.0 Å². The molecule has 2 aromatic carbocycles. The van der Waals surface area contributed by atoms with Crippen molar-refractivity contribution in [3.63, 3.8) is 0 Å². The Bertz CT molecular complexity index is 1010. The van der Waals surface area contributed by atoms with E-state index in [-0.39, 0.29) is 24.0 Å². The summed E-state index contributed by atoms with van der Waals surface area (Å²) in [5, 5.41) is 2.96. The monoisotopic (exact) mass is 519 g/mol. The Balaban J connectivity index is 2.20. The zero-order valence-electron chi connectivity index (χ0n) is 22.0. The van der Waals surface area contributed by atoms with Crippen LogP contribution in [0.15, 0.2) is 48.5 Å². The fourth-order valence-electron chi connectivity index (χ4n) is 2.87. The molecule has 35 heavy (non-hydrogen) atoms. The van der Waals surface area contributed by atoms with Crippen LogP contribution in [-0.2, 0) is 15.8 Å². The number of rotatable bonds is 9. The molecule has 0 heterocycles. The Morgan fingerprint density at radius 2 is 1.63 bits per heavy atom. The van der Waals surface area contributed by atoms with Crippen molar-refractivity contribution in [3.8, 4) is 5.75 Å². The SMILES string of the molecule is CC(C)(C)Oc1ccc(C(=O)[C@@H](CO[Si](C)(C)C(C)(C)C)NC(=O)OCc2ccccc2)cc1Cl. The molecule has 1 N–H and O–H groups in total. The van der Waals surface area contributed by atoms with Gasteiger partial charge in [-0.25, -0.2) is 4.79 Å². The molecule has 0 unspecified atom stereocenters. The second-order valence-corrected chi connectivity index (χ2v) is 16.3. The van der Waals surface area contributed by atoms with Gasteiger partial charge in [-0.3, -0.25) is 4.79 Å². The summed E-state index contributed by atoms with van der Waals surface area (Å²) in [5.74, 6) is 0.171. The molecule has 0 radical (unpaired) electrons. The molecular formula is C27H38ClNO5Si. The number of Topliss-reactive ketones (excluding diaryl/α,β-unsaturated/α-hetero) is 1. The summed E-state index contributed by atoms with van der Waals surface area (Å²) in [6.07, 6.45) is -0.690. The molecular weight excluding hydrogens is 482 g/mol. The van der Waals surface area contributed by atoms with Crippen LogP contribution in [0.2, 0.25) is 23.2 Å². The Kier molecular flexibility index (Phi) is 9.56. The van der Waals surface area contributed by atoms with E-state index in [2.05, 4.69) is 39.2 Å². The van der Waals surface area contributed by atoms with Crippen LogP contribution in [0.25, 0.3) is 0 Å². The maximum absolute atomic E-state index is 13.4. The van der Waals surface area contributed by atoms with Crippen LogP contribution in [0.1, 0.15) is 57.5 Å². The van der Waals surface area contributed by atoms with E-state index in [0.29, 0.717) is 16.3 Å². The molecule has 2 rings (SSSR count). The van der Waals surface area contributed by atoms with E-state index in [0.717, 1.165) is 5.56 Å². The summed E-state index contributed by atoms with van der Waals surface area (Å²) in [6.45, 7) is 16.4. The van der Waals surface area contributed by atoms with Crippen LogP contribution >= 0.6 is 11.6 Å². The number of halogens is 1. The average Bonchev–Trinajstić information content (AvgIpc) is 2.75. The first-order valence-electron chi connectivity index (χ1n) is 11.7. The van der Waals surface area contributed by atoms with Crippen LogP contribution in [-0.4, -0.2) is 38.4 Å². The van der Waals surface area contributed by atoms with Crippen molar-refractivity contribution >= 4 is 31.8 Å². The third-order valence-corrected chi connectivity index (χ3v) is 10.7. The van der Waals surface area contributed by atoms with Crippen molar-refractivity contribution in [2.45, 2.75) is 77.9 Å². The molecule has 1 atom stereocenters. The van der Waals surface area contributed by atoms with Crippen LogP contribution in [0.4, 0.5) is 4.79 Å². The molecule has 0 aliphatic rings.